The second-order valence-corrected chi connectivity index (χ2v) is 11.7. The lowest BCUT2D eigenvalue weighted by atomic mass is 10.1. The van der Waals surface area contributed by atoms with Gasteiger partial charge in [0, 0.05) is 46.5 Å². The van der Waals surface area contributed by atoms with Gasteiger partial charge in [0.15, 0.2) is 0 Å². The summed E-state index contributed by atoms with van der Waals surface area (Å²) in [6.07, 6.45) is 0. The maximum Gasteiger partial charge on any atom is 0.257 e. The summed E-state index contributed by atoms with van der Waals surface area (Å²) in [6.45, 7) is 0.522. The van der Waals surface area contributed by atoms with Gasteiger partial charge in [-0.05, 0) is 59.7 Å². The largest absolute Gasteiger partial charge is 0.337 e. The number of carbonyl (C=O) groups is 3. The van der Waals surface area contributed by atoms with Gasteiger partial charge in [-0.2, -0.15) is 0 Å². The third-order valence-corrected chi connectivity index (χ3v) is 8.12. The number of anilines is 2. The highest BCUT2D eigenvalue weighted by molar-refractivity contribution is 6.53. The molecule has 2 N–H and O–H groups in total. The molecule has 0 bridgehead atoms. The number of rotatable bonds is 5. The van der Waals surface area contributed by atoms with Crippen molar-refractivity contribution in [3.63, 3.8) is 0 Å². The van der Waals surface area contributed by atoms with Crippen LogP contribution in [0.15, 0.2) is 54.6 Å². The van der Waals surface area contributed by atoms with E-state index in [-0.39, 0.29) is 16.5 Å². The summed E-state index contributed by atoms with van der Waals surface area (Å²) < 4.78 is -1.34. The van der Waals surface area contributed by atoms with Crippen LogP contribution in [0.4, 0.5) is 11.4 Å². The van der Waals surface area contributed by atoms with Gasteiger partial charge in [-0.1, -0.05) is 40.9 Å². The van der Waals surface area contributed by atoms with E-state index in [4.69, 9.17) is 58.0 Å². The highest BCUT2D eigenvalue weighted by Crippen LogP contribution is 2.65. The van der Waals surface area contributed by atoms with E-state index in [1.165, 1.54) is 12.1 Å². The van der Waals surface area contributed by atoms with Gasteiger partial charge < -0.3 is 15.5 Å². The maximum atomic E-state index is 13.1. The van der Waals surface area contributed by atoms with E-state index in [1.807, 2.05) is 0 Å². The Bertz CT molecular complexity index is 1460. The third-order valence-electron chi connectivity index (χ3n) is 6.41. The van der Waals surface area contributed by atoms with Crippen LogP contribution >= 0.6 is 58.0 Å². The van der Waals surface area contributed by atoms with Crippen LogP contribution < -0.4 is 10.6 Å². The Labute approximate surface area is 237 Å². The van der Waals surface area contributed by atoms with Crippen molar-refractivity contribution in [2.24, 2.45) is 5.92 Å². The first kappa shape index (κ1) is 26.1. The molecule has 6 nitrogen and oxygen atoms in total. The molecule has 1 aliphatic carbocycles. The molecule has 0 unspecified atom stereocenters. The molecular formula is C26H18Cl5N3O3. The van der Waals surface area contributed by atoms with Crippen molar-refractivity contribution in [1.82, 2.24) is 4.90 Å². The molecule has 0 spiro atoms. The van der Waals surface area contributed by atoms with Crippen LogP contribution in [0.1, 0.15) is 37.8 Å². The molecule has 3 amide bonds. The zero-order valence-electron chi connectivity index (χ0n) is 19.1. The Morgan fingerprint density at radius 2 is 1.57 bits per heavy atom. The molecule has 1 heterocycles. The van der Waals surface area contributed by atoms with Crippen LogP contribution in [-0.4, -0.2) is 34.0 Å². The quantitative estimate of drug-likeness (QED) is 0.311. The van der Waals surface area contributed by atoms with Crippen molar-refractivity contribution in [3.05, 3.63) is 91.9 Å². The molecule has 190 valence electrons. The predicted molar refractivity (Wildman–Crippen MR) is 147 cm³/mol. The lowest BCUT2D eigenvalue weighted by Gasteiger charge is -2.11. The van der Waals surface area contributed by atoms with Gasteiger partial charge in [-0.15, -0.1) is 23.2 Å². The first-order valence-corrected chi connectivity index (χ1v) is 13.0. The molecule has 5 rings (SSSR count). The number of benzene rings is 3. The lowest BCUT2D eigenvalue weighted by molar-refractivity contribution is -0.117. The molecule has 0 saturated heterocycles. The number of halogens is 5. The predicted octanol–water partition coefficient (Wildman–Crippen LogP) is 7.01. The number of amides is 3. The van der Waals surface area contributed by atoms with Crippen LogP contribution in [0.2, 0.25) is 15.1 Å². The monoisotopic (exact) mass is 595 g/mol. The molecule has 0 aromatic heterocycles. The van der Waals surface area contributed by atoms with Crippen molar-refractivity contribution in [2.75, 3.05) is 17.7 Å². The zero-order valence-corrected chi connectivity index (χ0v) is 22.9. The molecule has 3 aromatic carbocycles. The molecule has 1 saturated carbocycles. The van der Waals surface area contributed by atoms with Crippen molar-refractivity contribution < 1.29 is 14.4 Å². The van der Waals surface area contributed by atoms with E-state index in [9.17, 15) is 14.4 Å². The van der Waals surface area contributed by atoms with Gasteiger partial charge in [0.2, 0.25) is 5.91 Å². The van der Waals surface area contributed by atoms with E-state index >= 15 is 0 Å². The van der Waals surface area contributed by atoms with E-state index in [0.717, 1.165) is 5.56 Å². The fraction of sp³-hybridized carbons (Fsp3) is 0.192. The van der Waals surface area contributed by atoms with Crippen LogP contribution in [-0.2, 0) is 11.3 Å². The summed E-state index contributed by atoms with van der Waals surface area (Å²) in [6, 6.07) is 14.6. The molecule has 0 radical (unpaired) electrons. The summed E-state index contributed by atoms with van der Waals surface area (Å²) in [5.74, 6) is -2.31. The Morgan fingerprint density at radius 1 is 0.919 bits per heavy atom. The average molecular weight is 598 g/mol. The summed E-state index contributed by atoms with van der Waals surface area (Å²) in [4.78, 5) is 39.9. The highest BCUT2D eigenvalue weighted by atomic mass is 35.5. The Kier molecular flexibility index (Phi) is 6.84. The number of alkyl halides is 2. The Hall–Kier alpha value is -2.48. The molecule has 2 atom stereocenters. The van der Waals surface area contributed by atoms with Crippen molar-refractivity contribution in [1.29, 1.82) is 0 Å². The number of hydrogen-bond acceptors (Lipinski definition) is 3. The van der Waals surface area contributed by atoms with E-state index in [2.05, 4.69) is 10.6 Å². The number of fused-ring (bicyclic) bond motifs is 1. The fourth-order valence-corrected chi connectivity index (χ4v) is 6.12. The molecule has 37 heavy (non-hydrogen) atoms. The molecule has 2 aliphatic rings. The molecular weight excluding hydrogens is 580 g/mol. The normalized spacial score (nSPS) is 19.4. The number of carbonyl (C=O) groups excluding carboxylic acids is 3. The van der Waals surface area contributed by atoms with Gasteiger partial charge in [0.1, 0.15) is 4.33 Å². The summed E-state index contributed by atoms with van der Waals surface area (Å²) in [7, 11) is 1.71. The van der Waals surface area contributed by atoms with Crippen molar-refractivity contribution >= 4 is 87.1 Å². The number of hydrogen-bond donors (Lipinski definition) is 2. The first-order chi connectivity index (χ1) is 17.5. The summed E-state index contributed by atoms with van der Waals surface area (Å²) in [5, 5.41) is 6.52. The molecule has 1 fully saturated rings. The Balaban J connectivity index is 1.32. The summed E-state index contributed by atoms with van der Waals surface area (Å²) in [5.41, 5.74) is 3.01. The van der Waals surface area contributed by atoms with Crippen molar-refractivity contribution in [3.8, 4) is 0 Å². The summed E-state index contributed by atoms with van der Waals surface area (Å²) >= 11 is 31.3. The van der Waals surface area contributed by atoms with Gasteiger partial charge in [0.25, 0.3) is 11.8 Å². The first-order valence-electron chi connectivity index (χ1n) is 11.1. The van der Waals surface area contributed by atoms with Gasteiger partial charge in [-0.3, -0.25) is 14.4 Å². The fourth-order valence-electron chi connectivity index (χ4n) is 4.54. The second-order valence-electron chi connectivity index (χ2n) is 9.00. The minimum atomic E-state index is -1.34. The minimum absolute atomic E-state index is 0.109. The smallest absolute Gasteiger partial charge is 0.257 e. The lowest BCUT2D eigenvalue weighted by Crippen LogP contribution is -2.18. The van der Waals surface area contributed by atoms with Crippen LogP contribution in [0.25, 0.3) is 0 Å². The number of nitrogens with zero attached hydrogens (tertiary/aromatic N) is 1. The SMILES string of the molecule is CN1Cc2ccc(NC(=O)c3cc(NC(=O)[C@H]4[C@H](c5cc(Cl)cc(Cl)c5)C4(Cl)Cl)ccc3Cl)cc2C1=O. The average Bonchev–Trinajstić information content (AvgIpc) is 3.30. The standard InChI is InChI=1S/C26H18Cl5N3O3/c1-34-11-12-2-3-16(9-18(12)25(34)37)32-23(35)19-10-17(4-5-20(19)29)33-24(36)22-21(26(22,30)31)13-6-14(27)8-15(28)7-13/h2-10,21-22H,11H2,1H3,(H,32,35)(H,33,36)/t21-,22+/m0/s1. The zero-order chi connectivity index (χ0) is 26.6. The van der Waals surface area contributed by atoms with E-state index in [0.29, 0.717) is 39.1 Å². The molecule has 1 aliphatic heterocycles. The van der Waals surface area contributed by atoms with Gasteiger partial charge in [-0.25, -0.2) is 0 Å². The van der Waals surface area contributed by atoms with Gasteiger partial charge >= 0.3 is 0 Å². The topological polar surface area (TPSA) is 78.5 Å². The Morgan fingerprint density at radius 3 is 2.27 bits per heavy atom. The third kappa shape index (κ3) is 5.01. The molecule has 3 aromatic rings. The maximum absolute atomic E-state index is 13.1. The van der Waals surface area contributed by atoms with Gasteiger partial charge in [0.05, 0.1) is 16.5 Å². The molecule has 11 heteroatoms. The van der Waals surface area contributed by atoms with Crippen molar-refractivity contribution in [2.45, 2.75) is 16.8 Å². The van der Waals surface area contributed by atoms with E-state index < -0.39 is 28.0 Å². The minimum Gasteiger partial charge on any atom is -0.337 e. The van der Waals surface area contributed by atoms with E-state index in [1.54, 1.807) is 54.4 Å². The number of nitrogens with one attached hydrogen (secondary N) is 2. The van der Waals surface area contributed by atoms with Crippen LogP contribution in [0.5, 0.6) is 0 Å². The van der Waals surface area contributed by atoms with Crippen LogP contribution in [0, 0.1) is 5.92 Å². The highest BCUT2D eigenvalue weighted by Gasteiger charge is 2.67. The second kappa shape index (κ2) is 9.68. The van der Waals surface area contributed by atoms with Crippen LogP contribution in [0.3, 0.4) is 0 Å².